The van der Waals surface area contributed by atoms with E-state index in [9.17, 15) is 9.90 Å². The molecule has 0 aliphatic carbocycles. The van der Waals surface area contributed by atoms with Gasteiger partial charge < -0.3 is 15.2 Å². The number of benzene rings is 1. The second kappa shape index (κ2) is 6.10. The molecule has 0 radical (unpaired) electrons. The highest BCUT2D eigenvalue weighted by Gasteiger charge is 2.14. The third-order valence-corrected chi connectivity index (χ3v) is 2.90. The molecule has 0 aliphatic heterocycles. The van der Waals surface area contributed by atoms with Crippen molar-refractivity contribution in [2.75, 3.05) is 13.7 Å². The topological polar surface area (TPSA) is 76.4 Å². The summed E-state index contributed by atoms with van der Waals surface area (Å²) in [6.07, 6.45) is 2.49. The Hall–Kier alpha value is -2.50. The maximum absolute atomic E-state index is 12.0. The van der Waals surface area contributed by atoms with E-state index in [4.69, 9.17) is 4.74 Å². The largest absolute Gasteiger partial charge is 0.504 e. The molecule has 6 nitrogen and oxygen atoms in total. The minimum atomic E-state index is -0.336. The predicted molar refractivity (Wildman–Crippen MR) is 73.9 cm³/mol. The molecule has 0 spiro atoms. The minimum Gasteiger partial charge on any atom is -0.504 e. The monoisotopic (exact) mass is 275 g/mol. The highest BCUT2D eigenvalue weighted by Crippen LogP contribution is 2.29. The Morgan fingerprint density at radius 2 is 2.25 bits per heavy atom. The number of nitrogens with one attached hydrogen (secondary N) is 1. The summed E-state index contributed by atoms with van der Waals surface area (Å²) in [4.78, 5) is 12.0. The summed E-state index contributed by atoms with van der Waals surface area (Å²) < 4.78 is 6.68. The normalized spacial score (nSPS) is 10.3. The molecule has 0 unspecified atom stereocenters. The summed E-state index contributed by atoms with van der Waals surface area (Å²) in [5, 5.41) is 16.8. The Morgan fingerprint density at radius 1 is 1.45 bits per heavy atom. The molecule has 0 fully saturated rings. The van der Waals surface area contributed by atoms with Gasteiger partial charge in [-0.15, -0.1) is 0 Å². The molecule has 1 aromatic carbocycles. The molecule has 6 heteroatoms. The van der Waals surface area contributed by atoms with E-state index < -0.39 is 0 Å². The van der Waals surface area contributed by atoms with Crippen molar-refractivity contribution in [3.05, 3.63) is 41.7 Å². The van der Waals surface area contributed by atoms with E-state index in [0.29, 0.717) is 13.0 Å². The van der Waals surface area contributed by atoms with Gasteiger partial charge in [-0.05, 0) is 18.2 Å². The molecule has 106 valence electrons. The van der Waals surface area contributed by atoms with E-state index in [0.717, 1.165) is 5.69 Å². The van der Waals surface area contributed by atoms with Crippen molar-refractivity contribution in [1.29, 1.82) is 0 Å². The molecule has 0 aliphatic rings. The molecule has 2 N–H and O–H groups in total. The van der Waals surface area contributed by atoms with Crippen LogP contribution in [0.4, 0.5) is 0 Å². The van der Waals surface area contributed by atoms with Crippen LogP contribution < -0.4 is 10.1 Å². The number of methoxy groups -OCH3 is 1. The lowest BCUT2D eigenvalue weighted by atomic mass is 10.1. The third-order valence-electron chi connectivity index (χ3n) is 2.90. The van der Waals surface area contributed by atoms with E-state index in [2.05, 4.69) is 10.4 Å². The number of phenolic OH excluding ortho intramolecular Hbond substituents is 1. The first-order chi connectivity index (χ1) is 9.61. The Labute approximate surface area is 117 Å². The van der Waals surface area contributed by atoms with Crippen molar-refractivity contribution in [1.82, 2.24) is 15.1 Å². The Morgan fingerprint density at radius 3 is 2.90 bits per heavy atom. The van der Waals surface area contributed by atoms with Crippen LogP contribution in [0, 0.1) is 0 Å². The molecule has 1 heterocycles. The van der Waals surface area contributed by atoms with Gasteiger partial charge in [0.25, 0.3) is 5.91 Å². The number of amides is 1. The van der Waals surface area contributed by atoms with Crippen LogP contribution in [0.2, 0.25) is 0 Å². The van der Waals surface area contributed by atoms with Gasteiger partial charge in [0.05, 0.1) is 18.4 Å². The van der Waals surface area contributed by atoms with E-state index in [1.54, 1.807) is 22.9 Å². The summed E-state index contributed by atoms with van der Waals surface area (Å²) in [7, 11) is 3.29. The predicted octanol–water partition coefficient (Wildman–Crippen LogP) is 1.11. The van der Waals surface area contributed by atoms with Crippen LogP contribution in [-0.4, -0.2) is 34.4 Å². The van der Waals surface area contributed by atoms with Gasteiger partial charge in [0, 0.05) is 26.2 Å². The number of ether oxygens (including phenoxy) is 1. The average molecular weight is 275 g/mol. The lowest BCUT2D eigenvalue weighted by molar-refractivity contribution is 0.0951. The van der Waals surface area contributed by atoms with Crippen molar-refractivity contribution in [2.24, 2.45) is 7.05 Å². The summed E-state index contributed by atoms with van der Waals surface area (Å²) in [6.45, 7) is 0.451. The molecule has 20 heavy (non-hydrogen) atoms. The maximum Gasteiger partial charge on any atom is 0.255 e. The van der Waals surface area contributed by atoms with Crippen molar-refractivity contribution in [3.63, 3.8) is 0 Å². The zero-order chi connectivity index (χ0) is 14.5. The highest BCUT2D eigenvalue weighted by atomic mass is 16.5. The number of hydrogen-bond acceptors (Lipinski definition) is 4. The van der Waals surface area contributed by atoms with Gasteiger partial charge in [-0.25, -0.2) is 0 Å². The zero-order valence-electron chi connectivity index (χ0n) is 11.5. The van der Waals surface area contributed by atoms with E-state index in [1.165, 1.54) is 7.11 Å². The lowest BCUT2D eigenvalue weighted by Gasteiger charge is -2.09. The van der Waals surface area contributed by atoms with E-state index >= 15 is 0 Å². The summed E-state index contributed by atoms with van der Waals surface area (Å²) in [5.74, 6) is -0.204. The molecule has 2 rings (SSSR count). The van der Waals surface area contributed by atoms with Crippen LogP contribution in [0.15, 0.2) is 30.5 Å². The summed E-state index contributed by atoms with van der Waals surface area (Å²) >= 11 is 0. The number of carbonyl (C=O) groups excluding carboxylic acids is 1. The number of hydrogen-bond donors (Lipinski definition) is 2. The van der Waals surface area contributed by atoms with Gasteiger partial charge in [0.1, 0.15) is 0 Å². The van der Waals surface area contributed by atoms with E-state index in [-0.39, 0.29) is 23.0 Å². The molecule has 0 bridgehead atoms. The number of aryl methyl sites for hydroxylation is 1. The lowest BCUT2D eigenvalue weighted by Crippen LogP contribution is -2.25. The first kappa shape index (κ1) is 13.9. The summed E-state index contributed by atoms with van der Waals surface area (Å²) in [6, 6.07) is 6.70. The quantitative estimate of drug-likeness (QED) is 0.857. The van der Waals surface area contributed by atoms with Crippen LogP contribution in [0.5, 0.6) is 11.5 Å². The van der Waals surface area contributed by atoms with Gasteiger partial charge in [-0.1, -0.05) is 6.07 Å². The maximum atomic E-state index is 12.0. The smallest absolute Gasteiger partial charge is 0.255 e. The van der Waals surface area contributed by atoms with Gasteiger partial charge in [0.15, 0.2) is 11.5 Å². The number of phenols is 1. The fraction of sp³-hybridized carbons (Fsp3) is 0.286. The Bertz CT molecular complexity index is 607. The van der Waals surface area contributed by atoms with Gasteiger partial charge >= 0.3 is 0 Å². The molecule has 1 aromatic heterocycles. The van der Waals surface area contributed by atoms with Crippen molar-refractivity contribution < 1.29 is 14.6 Å². The molecule has 0 saturated heterocycles. The van der Waals surface area contributed by atoms with Crippen molar-refractivity contribution in [2.45, 2.75) is 6.42 Å². The number of aromatic hydroxyl groups is 1. The fourth-order valence-electron chi connectivity index (χ4n) is 1.87. The SMILES string of the molecule is COc1cccc(C(=O)NCCc2ccn(C)n2)c1O. The Balaban J connectivity index is 1.95. The summed E-state index contributed by atoms with van der Waals surface area (Å²) in [5.41, 5.74) is 1.10. The fourth-order valence-corrected chi connectivity index (χ4v) is 1.87. The van der Waals surface area contributed by atoms with Crippen LogP contribution in [0.3, 0.4) is 0 Å². The number of nitrogens with zero attached hydrogens (tertiary/aromatic N) is 2. The van der Waals surface area contributed by atoms with Gasteiger partial charge in [0.2, 0.25) is 0 Å². The number of rotatable bonds is 5. The molecule has 0 saturated carbocycles. The third kappa shape index (κ3) is 3.09. The average Bonchev–Trinajstić information content (AvgIpc) is 2.84. The van der Waals surface area contributed by atoms with Crippen LogP contribution in [0.25, 0.3) is 0 Å². The Kier molecular flexibility index (Phi) is 4.24. The molecular formula is C14H17N3O3. The molecule has 0 atom stereocenters. The molecular weight excluding hydrogens is 258 g/mol. The second-order valence-corrected chi connectivity index (χ2v) is 4.34. The first-order valence-corrected chi connectivity index (χ1v) is 6.24. The number of para-hydroxylation sites is 1. The number of carbonyl (C=O) groups is 1. The van der Waals surface area contributed by atoms with Crippen molar-refractivity contribution in [3.8, 4) is 11.5 Å². The number of aromatic nitrogens is 2. The van der Waals surface area contributed by atoms with Gasteiger partial charge in [-0.2, -0.15) is 5.10 Å². The van der Waals surface area contributed by atoms with Crippen LogP contribution >= 0.6 is 0 Å². The van der Waals surface area contributed by atoms with Crippen LogP contribution in [0.1, 0.15) is 16.1 Å². The van der Waals surface area contributed by atoms with Crippen molar-refractivity contribution >= 4 is 5.91 Å². The zero-order valence-corrected chi connectivity index (χ0v) is 11.5. The second-order valence-electron chi connectivity index (χ2n) is 4.34. The van der Waals surface area contributed by atoms with Gasteiger partial charge in [-0.3, -0.25) is 9.48 Å². The van der Waals surface area contributed by atoms with E-state index in [1.807, 2.05) is 19.3 Å². The minimum absolute atomic E-state index is 0.148. The molecule has 1 amide bonds. The standard InChI is InChI=1S/C14H17N3O3/c1-17-9-7-10(16-17)6-8-15-14(19)11-4-3-5-12(20-2)13(11)18/h3-5,7,9,18H,6,8H2,1-2H3,(H,15,19). The highest BCUT2D eigenvalue weighted by molar-refractivity contribution is 5.97. The van der Waals surface area contributed by atoms with Crippen LogP contribution in [-0.2, 0) is 13.5 Å². The first-order valence-electron chi connectivity index (χ1n) is 6.24. The molecule has 2 aromatic rings.